The van der Waals surface area contributed by atoms with Gasteiger partial charge in [0, 0.05) is 18.8 Å². The van der Waals surface area contributed by atoms with Gasteiger partial charge in [0.25, 0.3) is 0 Å². The number of anilines is 1. The lowest BCUT2D eigenvalue weighted by molar-refractivity contribution is -0.132. The lowest BCUT2D eigenvalue weighted by Crippen LogP contribution is -2.35. The number of allylic oxidation sites excluding steroid dienone is 7. The Morgan fingerprint density at radius 3 is 2.40 bits per heavy atom. The summed E-state index contributed by atoms with van der Waals surface area (Å²) in [6.45, 7) is 16.4. The van der Waals surface area contributed by atoms with Gasteiger partial charge in [0.1, 0.15) is 11.6 Å². The van der Waals surface area contributed by atoms with Gasteiger partial charge in [-0.2, -0.15) is 0 Å². The molecule has 9 heteroatoms. The van der Waals surface area contributed by atoms with Gasteiger partial charge in [-0.3, -0.25) is 4.79 Å². The molecule has 0 saturated carbocycles. The van der Waals surface area contributed by atoms with E-state index in [0.717, 1.165) is 82.8 Å². The first-order valence-electron chi connectivity index (χ1n) is 18.3. The average Bonchev–Trinajstić information content (AvgIpc) is 3.85. The lowest BCUT2D eigenvalue weighted by atomic mass is 10.0. The van der Waals surface area contributed by atoms with Crippen molar-refractivity contribution in [2.24, 2.45) is 0 Å². The van der Waals surface area contributed by atoms with Crippen molar-refractivity contribution in [3.63, 3.8) is 0 Å². The zero-order chi connectivity index (χ0) is 36.9. The highest BCUT2D eigenvalue weighted by Crippen LogP contribution is 2.26. The zero-order valence-corrected chi connectivity index (χ0v) is 30.7. The van der Waals surface area contributed by atoms with Gasteiger partial charge in [-0.05, 0) is 72.6 Å². The van der Waals surface area contributed by atoms with E-state index in [1.807, 2.05) is 85.5 Å². The number of benzene rings is 2. The molecule has 3 N–H and O–H groups in total. The van der Waals surface area contributed by atoms with Crippen LogP contribution in [0.5, 0.6) is 0 Å². The van der Waals surface area contributed by atoms with Crippen LogP contribution in [0.1, 0.15) is 88.2 Å². The summed E-state index contributed by atoms with van der Waals surface area (Å²) in [5.74, 6) is 1.58. The molecule has 3 amide bonds. The van der Waals surface area contributed by atoms with Crippen molar-refractivity contribution in [3.8, 4) is 11.3 Å². The molecule has 2 aromatic heterocycles. The summed E-state index contributed by atoms with van der Waals surface area (Å²) in [7, 11) is 0. The molecule has 1 unspecified atom stereocenters. The zero-order valence-electron chi connectivity index (χ0n) is 30.7. The van der Waals surface area contributed by atoms with Crippen molar-refractivity contribution in [2.75, 3.05) is 18.4 Å². The van der Waals surface area contributed by atoms with Crippen molar-refractivity contribution in [2.45, 2.75) is 71.9 Å². The number of nitrogens with zero attached hydrogens (tertiary/aromatic N) is 4. The molecule has 0 bridgehead atoms. The first-order chi connectivity index (χ1) is 25.2. The Bertz CT molecular complexity index is 1910. The molecule has 0 spiro atoms. The second-order valence-corrected chi connectivity index (χ2v) is 13.2. The second kappa shape index (κ2) is 18.5. The summed E-state index contributed by atoms with van der Waals surface area (Å²) in [6, 6.07) is 17.2. The van der Waals surface area contributed by atoms with Crippen LogP contribution in [-0.4, -0.2) is 54.8 Å². The minimum atomic E-state index is -0.188. The first kappa shape index (κ1) is 37.6. The van der Waals surface area contributed by atoms with Gasteiger partial charge in [0.05, 0.1) is 42.8 Å². The van der Waals surface area contributed by atoms with Crippen molar-refractivity contribution < 1.29 is 9.59 Å². The highest BCUT2D eigenvalue weighted by molar-refractivity contribution is 5.89. The number of rotatable bonds is 17. The lowest BCUT2D eigenvalue weighted by Gasteiger charge is -2.28. The number of aromatic amines is 2. The smallest absolute Gasteiger partial charge is 0.322 e. The fraction of sp³-hybridized carbons (Fsp3) is 0.302. The van der Waals surface area contributed by atoms with Crippen LogP contribution in [-0.2, 0) is 11.3 Å². The molecule has 0 fully saturated rings. The number of hydrogen-bond donors (Lipinski definition) is 3. The minimum absolute atomic E-state index is 0.118. The number of unbranched alkanes of at least 4 members (excludes halogenated alkanes) is 1. The standard InChI is InChI=1S/C43H51N7O2/c1-6-8-26-50(41(51)27-34-15-11-9-12-16-34)33(5)42-45-28-38(48-42)32(4)20-19-31(3)35-21-23-36(24-22-35)39-29-44-40(47-39)30-49(25-7-2)43(52)46-37-17-13-10-14-18-37/h10-11,13-24,28-29,33H,3-4,6-9,12,25-27,30H2,1-2,5H3,(H,44,47)(H,45,48)(H,46,52)/b20-19-. The topological polar surface area (TPSA) is 110 Å². The molecule has 5 rings (SSSR count). The predicted octanol–water partition coefficient (Wildman–Crippen LogP) is 9.88. The van der Waals surface area contributed by atoms with E-state index >= 15 is 0 Å². The van der Waals surface area contributed by atoms with E-state index in [1.165, 1.54) is 0 Å². The number of carbonyl (C=O) groups is 2. The molecular formula is C43H51N7O2. The van der Waals surface area contributed by atoms with E-state index in [4.69, 9.17) is 0 Å². The molecule has 0 aliphatic heterocycles. The Balaban J connectivity index is 1.17. The van der Waals surface area contributed by atoms with E-state index in [-0.39, 0.29) is 18.0 Å². The number of hydrogen-bond acceptors (Lipinski definition) is 4. The van der Waals surface area contributed by atoms with Gasteiger partial charge < -0.3 is 25.1 Å². The van der Waals surface area contributed by atoms with Gasteiger partial charge >= 0.3 is 6.03 Å². The van der Waals surface area contributed by atoms with Crippen LogP contribution in [0.25, 0.3) is 22.4 Å². The maximum Gasteiger partial charge on any atom is 0.322 e. The third-order valence-electron chi connectivity index (χ3n) is 9.13. The molecule has 52 heavy (non-hydrogen) atoms. The van der Waals surface area contributed by atoms with E-state index in [1.54, 1.807) is 17.3 Å². The van der Waals surface area contributed by atoms with Gasteiger partial charge in [0.15, 0.2) is 0 Å². The first-order valence-corrected chi connectivity index (χ1v) is 18.3. The summed E-state index contributed by atoms with van der Waals surface area (Å²) in [6.07, 6.45) is 19.0. The van der Waals surface area contributed by atoms with Crippen molar-refractivity contribution in [3.05, 3.63) is 139 Å². The van der Waals surface area contributed by atoms with Crippen molar-refractivity contribution in [1.82, 2.24) is 29.7 Å². The predicted molar refractivity (Wildman–Crippen MR) is 212 cm³/mol. The maximum atomic E-state index is 13.4. The molecule has 0 saturated heterocycles. The Morgan fingerprint density at radius 2 is 1.69 bits per heavy atom. The summed E-state index contributed by atoms with van der Waals surface area (Å²) >= 11 is 0. The Morgan fingerprint density at radius 1 is 0.923 bits per heavy atom. The van der Waals surface area contributed by atoms with E-state index in [0.29, 0.717) is 31.9 Å². The quantitative estimate of drug-likeness (QED) is 0.0954. The molecular weight excluding hydrogens is 647 g/mol. The Hall–Kier alpha value is -5.70. The van der Waals surface area contributed by atoms with Crippen molar-refractivity contribution in [1.29, 1.82) is 0 Å². The summed E-state index contributed by atoms with van der Waals surface area (Å²) in [5, 5.41) is 2.96. The number of amides is 3. The number of H-pyrrole nitrogens is 2. The van der Waals surface area contributed by atoms with Crippen LogP contribution >= 0.6 is 0 Å². The average molecular weight is 698 g/mol. The fourth-order valence-corrected chi connectivity index (χ4v) is 6.07. The van der Waals surface area contributed by atoms with E-state index < -0.39 is 0 Å². The van der Waals surface area contributed by atoms with Gasteiger partial charge in [-0.15, -0.1) is 0 Å². The van der Waals surface area contributed by atoms with E-state index in [2.05, 4.69) is 63.6 Å². The Labute approximate surface area is 308 Å². The molecule has 2 heterocycles. The van der Waals surface area contributed by atoms with Crippen LogP contribution < -0.4 is 5.32 Å². The number of imidazole rings is 2. The van der Waals surface area contributed by atoms with Crippen molar-refractivity contribution >= 4 is 28.8 Å². The number of aromatic nitrogens is 4. The van der Waals surface area contributed by atoms with Crippen LogP contribution in [0.3, 0.4) is 0 Å². The monoisotopic (exact) mass is 697 g/mol. The normalized spacial score (nSPS) is 13.1. The highest BCUT2D eigenvalue weighted by atomic mass is 16.2. The molecule has 1 atom stereocenters. The van der Waals surface area contributed by atoms with Crippen LogP contribution in [0.4, 0.5) is 10.5 Å². The molecule has 2 aromatic carbocycles. The summed E-state index contributed by atoms with van der Waals surface area (Å²) in [5.41, 5.74) is 7.09. The fourth-order valence-electron chi connectivity index (χ4n) is 6.07. The molecule has 0 radical (unpaired) electrons. The number of para-hydroxylation sites is 1. The molecule has 1 aliphatic rings. The summed E-state index contributed by atoms with van der Waals surface area (Å²) < 4.78 is 0. The molecule has 1 aliphatic carbocycles. The molecule has 4 aromatic rings. The largest absolute Gasteiger partial charge is 0.341 e. The van der Waals surface area contributed by atoms with Crippen LogP contribution in [0, 0.1) is 0 Å². The van der Waals surface area contributed by atoms with Gasteiger partial charge in [0.2, 0.25) is 5.91 Å². The van der Waals surface area contributed by atoms with Gasteiger partial charge in [-0.1, -0.05) is 106 Å². The minimum Gasteiger partial charge on any atom is -0.341 e. The van der Waals surface area contributed by atoms with Crippen LogP contribution in [0.2, 0.25) is 0 Å². The third-order valence-corrected chi connectivity index (χ3v) is 9.13. The van der Waals surface area contributed by atoms with Crippen LogP contribution in [0.15, 0.2) is 116 Å². The number of urea groups is 1. The third kappa shape index (κ3) is 10.2. The van der Waals surface area contributed by atoms with Gasteiger partial charge in [-0.25, -0.2) is 14.8 Å². The maximum absolute atomic E-state index is 13.4. The molecule has 9 nitrogen and oxygen atoms in total. The summed E-state index contributed by atoms with van der Waals surface area (Å²) in [4.78, 5) is 46.0. The number of carbonyl (C=O) groups excluding carboxylic acids is 2. The number of nitrogens with one attached hydrogen (secondary N) is 3. The van der Waals surface area contributed by atoms with E-state index in [9.17, 15) is 9.59 Å². The Kier molecular flexibility index (Phi) is 13.4. The highest BCUT2D eigenvalue weighted by Gasteiger charge is 2.24. The molecule has 270 valence electrons. The second-order valence-electron chi connectivity index (χ2n) is 13.2. The SMILES string of the molecule is C=C(/C=C\C(=C)c1cnc(C(C)N(CCCC)C(=O)CC2=CCCC=C2)[nH]1)c1ccc(-c2cnc(CN(CCC)C(=O)Nc3ccccc3)[nH]2)cc1.